The van der Waals surface area contributed by atoms with Crippen LogP contribution in [0.25, 0.3) is 12.2 Å². The molecule has 0 aliphatic rings. The molecule has 0 radical (unpaired) electrons. The highest BCUT2D eigenvalue weighted by atomic mass is 32.2. The van der Waals surface area contributed by atoms with E-state index in [9.17, 15) is 55.0 Å². The summed E-state index contributed by atoms with van der Waals surface area (Å²) in [6, 6.07) is 20.7. The largest absolute Gasteiger partial charge is 0.465 e. The standard InChI is InChI=1S/C46H53N11O15S3/c1-70-41(62)37-6-4-5-7-38(37)49-44-52-43(54-46(55-44)57(20-24-60)21-25-61)48-35-13-12-32(39(28-35)75(68,69)72-3)11-10-31-9-8-30(26-33(31)29-73(63,64)65)27-40-50-42(53-45(51-40)56(18-22-58)19-23-59)47-34-14-16-36(17-15-34)74(66,67)71-2/h4-17,26,28,58-61H,18-25,27,29H2,1-3H3,(H,63,64,65)(H,47,50,51,53)(H2,48,49,52,54,55)/b11-10+. The molecule has 0 spiro atoms. The van der Waals surface area contributed by atoms with Crippen molar-refractivity contribution in [2.24, 2.45) is 0 Å². The minimum absolute atomic E-state index is 0.000136. The molecule has 6 aromatic rings. The molecule has 0 amide bonds. The summed E-state index contributed by atoms with van der Waals surface area (Å²) in [6.45, 7) is -1.21. The highest BCUT2D eigenvalue weighted by Crippen LogP contribution is 2.29. The topological polar surface area (TPSA) is 368 Å². The second-order valence-electron chi connectivity index (χ2n) is 15.7. The van der Waals surface area contributed by atoms with Crippen molar-refractivity contribution in [3.05, 3.63) is 119 Å². The number of ether oxygens (including phenoxy) is 1. The first-order valence-electron chi connectivity index (χ1n) is 22.4. The Morgan fingerprint density at radius 2 is 1.13 bits per heavy atom. The number of nitrogens with one attached hydrogen (secondary N) is 3. The summed E-state index contributed by atoms with van der Waals surface area (Å²) in [4.78, 5) is 41.9. The van der Waals surface area contributed by atoms with E-state index in [2.05, 4.69) is 50.0 Å². The SMILES string of the molecule is COC(=O)c1ccccc1Nc1nc(Nc2ccc(/C=C/c3ccc(Cc4nc(Nc5ccc(S(=O)(=O)OC)cc5)nc(N(CCO)CCO)n4)cc3CS(=O)(=O)O)c(S(=O)(=O)OC)c2)nc(N(CCO)CCO)n1. The number of hydrogen-bond donors (Lipinski definition) is 8. The summed E-state index contributed by atoms with van der Waals surface area (Å²) in [6.07, 6.45) is 2.79. The van der Waals surface area contributed by atoms with Crippen LogP contribution in [-0.4, -0.2) is 160 Å². The molecule has 2 heterocycles. The molecule has 0 aliphatic carbocycles. The number of methoxy groups -OCH3 is 1. The van der Waals surface area contributed by atoms with Gasteiger partial charge in [0.15, 0.2) is 0 Å². The maximum Gasteiger partial charge on any atom is 0.339 e. The number of nitrogens with zero attached hydrogens (tertiary/aromatic N) is 8. The van der Waals surface area contributed by atoms with Crippen molar-refractivity contribution < 1.29 is 68.1 Å². The van der Waals surface area contributed by atoms with Gasteiger partial charge in [0, 0.05) is 44.0 Å². The van der Waals surface area contributed by atoms with Crippen molar-refractivity contribution >= 4 is 95.3 Å². The molecule has 0 saturated heterocycles. The summed E-state index contributed by atoms with van der Waals surface area (Å²) < 4.78 is 101. The number of aromatic nitrogens is 6. The number of benzene rings is 4. The Bertz CT molecular complexity index is 3330. The molecule has 0 aliphatic heterocycles. The summed E-state index contributed by atoms with van der Waals surface area (Å²) in [5.41, 5.74) is 1.85. The lowest BCUT2D eigenvalue weighted by Crippen LogP contribution is -2.32. The van der Waals surface area contributed by atoms with Gasteiger partial charge in [0.1, 0.15) is 16.5 Å². The lowest BCUT2D eigenvalue weighted by atomic mass is 10.0. The van der Waals surface area contributed by atoms with E-state index in [1.807, 2.05) is 0 Å². The molecule has 400 valence electrons. The number of esters is 1. The molecule has 2 aromatic heterocycles. The number of para-hydroxylation sites is 1. The van der Waals surface area contributed by atoms with Crippen molar-refractivity contribution in [2.75, 3.05) is 99.7 Å². The van der Waals surface area contributed by atoms with E-state index in [4.69, 9.17) is 8.92 Å². The first-order valence-corrected chi connectivity index (χ1v) is 26.8. The van der Waals surface area contributed by atoms with Crippen LogP contribution in [0.3, 0.4) is 0 Å². The average Bonchev–Trinajstić information content (AvgIpc) is 3.38. The third-order valence-corrected chi connectivity index (χ3v) is 13.9. The molecule has 0 atom stereocenters. The van der Waals surface area contributed by atoms with Crippen LogP contribution in [0.5, 0.6) is 0 Å². The lowest BCUT2D eigenvalue weighted by Gasteiger charge is -2.22. The smallest absolute Gasteiger partial charge is 0.339 e. The van der Waals surface area contributed by atoms with Gasteiger partial charge in [-0.15, -0.1) is 0 Å². The van der Waals surface area contributed by atoms with E-state index in [0.717, 1.165) is 14.2 Å². The van der Waals surface area contributed by atoms with E-state index in [0.29, 0.717) is 11.3 Å². The summed E-state index contributed by atoms with van der Waals surface area (Å²) in [7, 11) is -9.87. The number of anilines is 8. The number of rotatable bonds is 27. The molecule has 0 fully saturated rings. The van der Waals surface area contributed by atoms with Gasteiger partial charge >= 0.3 is 5.97 Å². The van der Waals surface area contributed by atoms with E-state index >= 15 is 0 Å². The Morgan fingerprint density at radius 3 is 1.72 bits per heavy atom. The molecule has 26 nitrogen and oxygen atoms in total. The maximum atomic E-state index is 13.5. The second kappa shape index (κ2) is 25.8. The van der Waals surface area contributed by atoms with Gasteiger partial charge in [0.05, 0.1) is 63.9 Å². The highest BCUT2D eigenvalue weighted by molar-refractivity contribution is 7.87. The maximum absolute atomic E-state index is 13.5. The summed E-state index contributed by atoms with van der Waals surface area (Å²) >= 11 is 0. The van der Waals surface area contributed by atoms with Crippen LogP contribution in [0, 0.1) is 0 Å². The van der Waals surface area contributed by atoms with Gasteiger partial charge in [0.25, 0.3) is 30.4 Å². The van der Waals surface area contributed by atoms with Crippen LogP contribution in [0.1, 0.15) is 38.4 Å². The number of hydrogen-bond acceptors (Lipinski definition) is 25. The third kappa shape index (κ3) is 15.6. The molecule has 6 rings (SSSR count). The Balaban J connectivity index is 1.34. The number of aliphatic hydroxyl groups excluding tert-OH is 4. The van der Waals surface area contributed by atoms with Gasteiger partial charge in [-0.25, -0.2) is 4.79 Å². The zero-order valence-electron chi connectivity index (χ0n) is 40.4. The van der Waals surface area contributed by atoms with Crippen molar-refractivity contribution in [2.45, 2.75) is 22.0 Å². The van der Waals surface area contributed by atoms with Crippen molar-refractivity contribution in [1.82, 2.24) is 29.9 Å². The molecule has 0 saturated carbocycles. The van der Waals surface area contributed by atoms with Crippen molar-refractivity contribution in [3.8, 4) is 0 Å². The monoisotopic (exact) mass is 1100 g/mol. The highest BCUT2D eigenvalue weighted by Gasteiger charge is 2.22. The van der Waals surface area contributed by atoms with Crippen LogP contribution < -0.4 is 25.8 Å². The van der Waals surface area contributed by atoms with E-state index in [1.165, 1.54) is 89.7 Å². The number of aliphatic hydroxyl groups is 4. The second-order valence-corrected chi connectivity index (χ2v) is 20.6. The number of carbonyl (C=O) groups excluding carboxylic acids is 1. The van der Waals surface area contributed by atoms with Crippen LogP contribution in [-0.2, 0) is 55.6 Å². The van der Waals surface area contributed by atoms with Crippen LogP contribution >= 0.6 is 0 Å². The van der Waals surface area contributed by atoms with Gasteiger partial charge in [-0.05, 0) is 70.8 Å². The Labute approximate surface area is 431 Å². The van der Waals surface area contributed by atoms with E-state index in [-0.39, 0.29) is 138 Å². The predicted molar refractivity (Wildman–Crippen MR) is 275 cm³/mol. The molecule has 4 aromatic carbocycles. The molecular formula is C46H53N11O15S3. The van der Waals surface area contributed by atoms with Crippen LogP contribution in [0.2, 0.25) is 0 Å². The van der Waals surface area contributed by atoms with E-state index < -0.39 is 42.1 Å². The van der Waals surface area contributed by atoms with Gasteiger partial charge in [0.2, 0.25) is 29.7 Å². The van der Waals surface area contributed by atoms with Gasteiger partial charge in [-0.3, -0.25) is 12.9 Å². The predicted octanol–water partition coefficient (Wildman–Crippen LogP) is 2.48. The quantitative estimate of drug-likeness (QED) is 0.0159. The van der Waals surface area contributed by atoms with Crippen LogP contribution in [0.15, 0.2) is 94.7 Å². The zero-order chi connectivity index (χ0) is 54.3. The summed E-state index contributed by atoms with van der Waals surface area (Å²) in [5.74, 6) is -1.51. The fraction of sp³-hybridized carbons (Fsp3) is 0.283. The molecular weight excluding hydrogens is 1040 g/mol. The fourth-order valence-electron chi connectivity index (χ4n) is 7.14. The fourth-order valence-corrected chi connectivity index (χ4v) is 9.32. The van der Waals surface area contributed by atoms with Crippen LogP contribution in [0.4, 0.5) is 46.8 Å². The Kier molecular flexibility index (Phi) is 19.6. The van der Waals surface area contributed by atoms with Crippen molar-refractivity contribution in [3.63, 3.8) is 0 Å². The Hall–Kier alpha value is -7.32. The van der Waals surface area contributed by atoms with Crippen molar-refractivity contribution in [1.29, 1.82) is 0 Å². The average molecular weight is 1100 g/mol. The summed E-state index contributed by atoms with van der Waals surface area (Å²) in [5, 5.41) is 47.9. The molecule has 0 unspecified atom stereocenters. The lowest BCUT2D eigenvalue weighted by molar-refractivity contribution is 0.0601. The number of carbonyl (C=O) groups is 1. The third-order valence-electron chi connectivity index (χ3n) is 10.6. The zero-order valence-corrected chi connectivity index (χ0v) is 42.9. The molecule has 75 heavy (non-hydrogen) atoms. The minimum Gasteiger partial charge on any atom is -0.465 e. The first-order chi connectivity index (χ1) is 35.8. The molecule has 8 N–H and O–H groups in total. The molecule has 0 bridgehead atoms. The van der Waals surface area contributed by atoms with Gasteiger partial charge in [-0.1, -0.05) is 48.6 Å². The first kappa shape index (κ1) is 57.0. The normalized spacial score (nSPS) is 11.9. The van der Waals surface area contributed by atoms with Gasteiger partial charge in [-0.2, -0.15) is 55.2 Å². The van der Waals surface area contributed by atoms with E-state index in [1.54, 1.807) is 24.3 Å². The Morgan fingerprint density at radius 1 is 0.600 bits per heavy atom. The van der Waals surface area contributed by atoms with Gasteiger partial charge < -0.3 is 50.9 Å². The minimum atomic E-state index is -4.65. The molecule has 29 heteroatoms.